The molecule has 120 valence electrons. The fourth-order valence-corrected chi connectivity index (χ4v) is 3.56. The first-order chi connectivity index (χ1) is 10.7. The third kappa shape index (κ3) is 3.61. The Morgan fingerprint density at radius 2 is 1.82 bits per heavy atom. The van der Waals surface area contributed by atoms with Crippen molar-refractivity contribution in [2.24, 2.45) is 0 Å². The Bertz CT molecular complexity index is 504. The van der Waals surface area contributed by atoms with Gasteiger partial charge in [-0.3, -0.25) is 9.69 Å². The Labute approximate surface area is 133 Å². The molecule has 0 bridgehead atoms. The average molecular weight is 302 g/mol. The quantitative estimate of drug-likeness (QED) is 0.856. The number of nitrogens with zero attached hydrogens (tertiary/aromatic N) is 2. The first kappa shape index (κ1) is 15.3. The number of piperazine rings is 1. The van der Waals surface area contributed by atoms with Gasteiger partial charge in [-0.05, 0) is 31.4 Å². The van der Waals surface area contributed by atoms with Crippen LogP contribution in [-0.4, -0.2) is 54.5 Å². The molecular weight excluding hydrogens is 276 g/mol. The topological polar surface area (TPSA) is 32.8 Å². The van der Waals surface area contributed by atoms with Crippen molar-refractivity contribution >= 4 is 5.91 Å². The average Bonchev–Trinajstić information content (AvgIpc) is 3.08. The van der Waals surface area contributed by atoms with Crippen molar-refractivity contribution < 1.29 is 9.53 Å². The number of para-hydroxylation sites is 1. The fourth-order valence-electron chi connectivity index (χ4n) is 3.56. The first-order valence-corrected chi connectivity index (χ1v) is 8.44. The van der Waals surface area contributed by atoms with Crippen LogP contribution in [0.1, 0.15) is 31.2 Å². The maximum absolute atomic E-state index is 12.3. The summed E-state index contributed by atoms with van der Waals surface area (Å²) in [7, 11) is 0. The summed E-state index contributed by atoms with van der Waals surface area (Å²) in [5.41, 5.74) is 1.07. The summed E-state index contributed by atoms with van der Waals surface area (Å²) in [6, 6.07) is 8.60. The summed E-state index contributed by atoms with van der Waals surface area (Å²) in [5, 5.41) is 0. The molecule has 1 amide bonds. The molecule has 3 rings (SSSR count). The van der Waals surface area contributed by atoms with E-state index in [0.717, 1.165) is 43.5 Å². The largest absolute Gasteiger partial charge is 0.484 e. The van der Waals surface area contributed by atoms with E-state index in [1.807, 2.05) is 36.1 Å². The van der Waals surface area contributed by atoms with E-state index in [4.69, 9.17) is 4.74 Å². The SMILES string of the molecule is Cc1ccccc1OCC(=O)N1CCN(C2CCCC2)CC1. The van der Waals surface area contributed by atoms with E-state index in [-0.39, 0.29) is 12.5 Å². The zero-order chi connectivity index (χ0) is 15.4. The molecule has 0 radical (unpaired) electrons. The Morgan fingerprint density at radius 1 is 1.14 bits per heavy atom. The molecule has 0 unspecified atom stereocenters. The third-order valence-corrected chi connectivity index (χ3v) is 4.95. The maximum Gasteiger partial charge on any atom is 0.260 e. The van der Waals surface area contributed by atoms with Crippen LogP contribution in [0.4, 0.5) is 0 Å². The summed E-state index contributed by atoms with van der Waals surface area (Å²) in [6.45, 7) is 5.86. The molecule has 4 heteroatoms. The van der Waals surface area contributed by atoms with Gasteiger partial charge >= 0.3 is 0 Å². The van der Waals surface area contributed by atoms with E-state index >= 15 is 0 Å². The lowest BCUT2D eigenvalue weighted by molar-refractivity contribution is -0.135. The zero-order valence-electron chi connectivity index (χ0n) is 13.5. The van der Waals surface area contributed by atoms with Gasteiger partial charge in [0.1, 0.15) is 5.75 Å². The highest BCUT2D eigenvalue weighted by Gasteiger charge is 2.27. The van der Waals surface area contributed by atoms with E-state index < -0.39 is 0 Å². The molecule has 0 atom stereocenters. The molecule has 1 saturated carbocycles. The summed E-state index contributed by atoms with van der Waals surface area (Å²) in [5.74, 6) is 0.912. The summed E-state index contributed by atoms with van der Waals surface area (Å²) < 4.78 is 5.67. The smallest absolute Gasteiger partial charge is 0.260 e. The third-order valence-electron chi connectivity index (χ3n) is 4.95. The molecule has 4 nitrogen and oxygen atoms in total. The summed E-state index contributed by atoms with van der Waals surface area (Å²) in [6.07, 6.45) is 5.41. The van der Waals surface area contributed by atoms with E-state index in [1.165, 1.54) is 25.7 Å². The molecule has 0 spiro atoms. The molecule has 1 heterocycles. The van der Waals surface area contributed by atoms with Crippen molar-refractivity contribution in [1.29, 1.82) is 0 Å². The monoisotopic (exact) mass is 302 g/mol. The van der Waals surface area contributed by atoms with Crippen LogP contribution >= 0.6 is 0 Å². The van der Waals surface area contributed by atoms with Crippen LogP contribution in [0.2, 0.25) is 0 Å². The van der Waals surface area contributed by atoms with Crippen molar-refractivity contribution in [1.82, 2.24) is 9.80 Å². The van der Waals surface area contributed by atoms with Crippen molar-refractivity contribution in [2.75, 3.05) is 32.8 Å². The zero-order valence-corrected chi connectivity index (χ0v) is 13.5. The van der Waals surface area contributed by atoms with Gasteiger partial charge in [-0.25, -0.2) is 0 Å². The molecule has 1 aliphatic heterocycles. The minimum atomic E-state index is 0.106. The van der Waals surface area contributed by atoms with Crippen LogP contribution in [0.25, 0.3) is 0 Å². The fraction of sp³-hybridized carbons (Fsp3) is 0.611. The molecule has 22 heavy (non-hydrogen) atoms. The lowest BCUT2D eigenvalue weighted by Gasteiger charge is -2.38. The number of aryl methyl sites for hydroxylation is 1. The van der Waals surface area contributed by atoms with E-state index in [1.54, 1.807) is 0 Å². The number of ether oxygens (including phenoxy) is 1. The maximum atomic E-state index is 12.3. The van der Waals surface area contributed by atoms with E-state index in [9.17, 15) is 4.79 Å². The predicted molar refractivity (Wildman–Crippen MR) is 87.1 cm³/mol. The van der Waals surface area contributed by atoms with Gasteiger partial charge in [0.05, 0.1) is 0 Å². The van der Waals surface area contributed by atoms with Crippen molar-refractivity contribution in [3.8, 4) is 5.75 Å². The van der Waals surface area contributed by atoms with Crippen molar-refractivity contribution in [3.63, 3.8) is 0 Å². The molecule has 1 aliphatic carbocycles. The lowest BCUT2D eigenvalue weighted by atomic mass is 10.2. The van der Waals surface area contributed by atoms with Crippen LogP contribution in [0.3, 0.4) is 0 Å². The molecule has 1 aromatic rings. The van der Waals surface area contributed by atoms with Gasteiger partial charge in [0.15, 0.2) is 6.61 Å². The molecule has 0 aromatic heterocycles. The van der Waals surface area contributed by atoms with Gasteiger partial charge in [0, 0.05) is 32.2 Å². The highest BCUT2D eigenvalue weighted by molar-refractivity contribution is 5.78. The van der Waals surface area contributed by atoms with E-state index in [0.29, 0.717) is 0 Å². The van der Waals surface area contributed by atoms with Crippen LogP contribution in [0.15, 0.2) is 24.3 Å². The molecule has 1 aromatic carbocycles. The first-order valence-electron chi connectivity index (χ1n) is 8.44. The minimum absolute atomic E-state index is 0.106. The second-order valence-corrected chi connectivity index (χ2v) is 6.41. The Hall–Kier alpha value is -1.55. The summed E-state index contributed by atoms with van der Waals surface area (Å²) >= 11 is 0. The van der Waals surface area contributed by atoms with Gasteiger partial charge in [-0.15, -0.1) is 0 Å². The Balaban J connectivity index is 1.45. The molecule has 2 fully saturated rings. The number of carbonyl (C=O) groups is 1. The van der Waals surface area contributed by atoms with Gasteiger partial charge in [-0.1, -0.05) is 31.0 Å². The molecule has 0 N–H and O–H groups in total. The van der Waals surface area contributed by atoms with Crippen molar-refractivity contribution in [2.45, 2.75) is 38.6 Å². The van der Waals surface area contributed by atoms with Crippen LogP contribution in [0, 0.1) is 6.92 Å². The van der Waals surface area contributed by atoms with Gasteiger partial charge in [-0.2, -0.15) is 0 Å². The number of benzene rings is 1. The molecular formula is C18H26N2O2. The Kier molecular flexibility index (Phi) is 4.98. The van der Waals surface area contributed by atoms with Crippen LogP contribution < -0.4 is 4.74 Å². The van der Waals surface area contributed by atoms with Crippen LogP contribution in [-0.2, 0) is 4.79 Å². The molecule has 1 saturated heterocycles. The summed E-state index contributed by atoms with van der Waals surface area (Å²) in [4.78, 5) is 16.8. The Morgan fingerprint density at radius 3 is 2.50 bits per heavy atom. The van der Waals surface area contributed by atoms with Gasteiger partial charge in [0.25, 0.3) is 5.91 Å². The number of amides is 1. The van der Waals surface area contributed by atoms with Crippen molar-refractivity contribution in [3.05, 3.63) is 29.8 Å². The predicted octanol–water partition coefficient (Wildman–Crippen LogP) is 2.46. The second-order valence-electron chi connectivity index (χ2n) is 6.41. The highest BCUT2D eigenvalue weighted by Crippen LogP contribution is 2.24. The van der Waals surface area contributed by atoms with Gasteiger partial charge < -0.3 is 9.64 Å². The highest BCUT2D eigenvalue weighted by atomic mass is 16.5. The number of rotatable bonds is 4. The number of hydrogen-bond donors (Lipinski definition) is 0. The second kappa shape index (κ2) is 7.14. The van der Waals surface area contributed by atoms with Crippen LogP contribution in [0.5, 0.6) is 5.75 Å². The number of hydrogen-bond acceptors (Lipinski definition) is 3. The lowest BCUT2D eigenvalue weighted by Crippen LogP contribution is -2.52. The van der Waals surface area contributed by atoms with Gasteiger partial charge in [0.2, 0.25) is 0 Å². The minimum Gasteiger partial charge on any atom is -0.484 e. The van der Waals surface area contributed by atoms with E-state index in [2.05, 4.69) is 4.90 Å². The standard InChI is InChI=1S/C18H26N2O2/c1-15-6-2-5-9-17(15)22-14-18(21)20-12-10-19(11-13-20)16-7-3-4-8-16/h2,5-6,9,16H,3-4,7-8,10-14H2,1H3. The normalized spacial score (nSPS) is 20.3. The molecule has 2 aliphatic rings. The number of carbonyl (C=O) groups excluding carboxylic acids is 1.